The third kappa shape index (κ3) is 2.44. The van der Waals surface area contributed by atoms with Crippen molar-refractivity contribution in [2.45, 2.75) is 45.4 Å². The highest BCUT2D eigenvalue weighted by Gasteiger charge is 2.25. The highest BCUT2D eigenvalue weighted by atomic mass is 16.5. The molecule has 1 aliphatic rings. The summed E-state index contributed by atoms with van der Waals surface area (Å²) in [5.41, 5.74) is 7.60. The van der Waals surface area contributed by atoms with Crippen LogP contribution in [-0.4, -0.2) is 23.9 Å². The average Bonchev–Trinajstić information content (AvgIpc) is 2.66. The van der Waals surface area contributed by atoms with Crippen molar-refractivity contribution in [3.63, 3.8) is 0 Å². The van der Waals surface area contributed by atoms with Gasteiger partial charge < -0.3 is 20.3 Å². The summed E-state index contributed by atoms with van der Waals surface area (Å²) in [5, 5.41) is 10.1. The number of fused-ring (bicyclic) bond motifs is 1. The zero-order chi connectivity index (χ0) is 13.3. The van der Waals surface area contributed by atoms with Crippen LogP contribution in [0.25, 0.3) is 0 Å². The van der Waals surface area contributed by atoms with Crippen LogP contribution in [-0.2, 0) is 6.42 Å². The van der Waals surface area contributed by atoms with E-state index in [1.165, 1.54) is 0 Å². The Bertz CT molecular complexity index is 431. The van der Waals surface area contributed by atoms with E-state index in [-0.39, 0.29) is 12.1 Å². The van der Waals surface area contributed by atoms with Gasteiger partial charge in [-0.3, -0.25) is 0 Å². The molecular formula is C14H21NO3. The lowest BCUT2D eigenvalue weighted by Gasteiger charge is -2.19. The van der Waals surface area contributed by atoms with Gasteiger partial charge in [0, 0.05) is 23.6 Å². The molecule has 0 bridgehead atoms. The molecule has 1 aliphatic heterocycles. The molecule has 0 saturated carbocycles. The quantitative estimate of drug-likeness (QED) is 0.856. The Morgan fingerprint density at radius 3 is 2.89 bits per heavy atom. The molecule has 3 atom stereocenters. The van der Waals surface area contributed by atoms with Gasteiger partial charge in [-0.25, -0.2) is 0 Å². The van der Waals surface area contributed by atoms with E-state index in [0.717, 1.165) is 17.7 Å². The van der Waals surface area contributed by atoms with Crippen LogP contribution < -0.4 is 15.2 Å². The topological polar surface area (TPSA) is 64.7 Å². The highest BCUT2D eigenvalue weighted by Crippen LogP contribution is 2.38. The predicted octanol–water partition coefficient (Wildman–Crippen LogP) is 1.79. The number of rotatable bonds is 4. The molecule has 4 heteroatoms. The lowest BCUT2D eigenvalue weighted by molar-refractivity contribution is 0.147. The van der Waals surface area contributed by atoms with Crippen molar-refractivity contribution < 1.29 is 14.6 Å². The molecule has 0 fully saturated rings. The number of hydrogen-bond donors (Lipinski definition) is 2. The van der Waals surface area contributed by atoms with Crippen LogP contribution in [0.15, 0.2) is 12.1 Å². The van der Waals surface area contributed by atoms with Gasteiger partial charge in [-0.15, -0.1) is 0 Å². The smallest absolute Gasteiger partial charge is 0.125 e. The normalized spacial score (nSPS) is 21.1. The lowest BCUT2D eigenvalue weighted by atomic mass is 9.99. The molecule has 1 aromatic rings. The second kappa shape index (κ2) is 5.16. The van der Waals surface area contributed by atoms with Crippen LogP contribution in [0.2, 0.25) is 0 Å². The minimum Gasteiger partial charge on any atom is -0.493 e. The summed E-state index contributed by atoms with van der Waals surface area (Å²) in [4.78, 5) is 0. The van der Waals surface area contributed by atoms with Gasteiger partial charge in [0.1, 0.15) is 17.6 Å². The molecule has 0 spiro atoms. The summed E-state index contributed by atoms with van der Waals surface area (Å²) in [6, 6.07) is 3.47. The molecule has 18 heavy (non-hydrogen) atoms. The van der Waals surface area contributed by atoms with Crippen LogP contribution in [0.1, 0.15) is 38.0 Å². The molecule has 0 amide bonds. The Hall–Kier alpha value is -1.26. The number of benzene rings is 1. The summed E-state index contributed by atoms with van der Waals surface area (Å²) >= 11 is 0. The van der Waals surface area contributed by atoms with E-state index < -0.39 is 6.10 Å². The third-order valence-electron chi connectivity index (χ3n) is 3.14. The van der Waals surface area contributed by atoms with Crippen molar-refractivity contribution in [1.29, 1.82) is 0 Å². The fourth-order valence-corrected chi connectivity index (χ4v) is 2.25. The summed E-state index contributed by atoms with van der Waals surface area (Å²) in [6.45, 7) is 6.29. The lowest BCUT2D eigenvalue weighted by Crippen LogP contribution is -2.25. The van der Waals surface area contributed by atoms with Gasteiger partial charge in [0.2, 0.25) is 0 Å². The Kier molecular flexibility index (Phi) is 3.78. The van der Waals surface area contributed by atoms with E-state index in [2.05, 4.69) is 0 Å². The maximum Gasteiger partial charge on any atom is 0.125 e. The van der Waals surface area contributed by atoms with Crippen molar-refractivity contribution in [2.75, 3.05) is 6.61 Å². The molecule has 100 valence electrons. The van der Waals surface area contributed by atoms with Gasteiger partial charge >= 0.3 is 0 Å². The van der Waals surface area contributed by atoms with Gasteiger partial charge in [0.05, 0.1) is 12.7 Å². The molecule has 4 nitrogen and oxygen atoms in total. The van der Waals surface area contributed by atoms with Crippen LogP contribution in [0.3, 0.4) is 0 Å². The summed E-state index contributed by atoms with van der Waals surface area (Å²) in [6.07, 6.45) is 0.317. The van der Waals surface area contributed by atoms with E-state index in [1.807, 2.05) is 26.0 Å². The molecule has 1 heterocycles. The summed E-state index contributed by atoms with van der Waals surface area (Å²) < 4.78 is 11.3. The largest absolute Gasteiger partial charge is 0.493 e. The minimum absolute atomic E-state index is 0.178. The first-order valence-electron chi connectivity index (χ1n) is 6.42. The number of aliphatic hydroxyl groups excluding tert-OH is 1. The highest BCUT2D eigenvalue weighted by molar-refractivity contribution is 5.49. The second-order valence-corrected chi connectivity index (χ2v) is 4.87. The SMILES string of the molecule is CCOc1cc2c(cc1C(O)C(C)N)OC(C)C2. The summed E-state index contributed by atoms with van der Waals surface area (Å²) in [5.74, 6) is 1.54. The molecule has 0 aromatic heterocycles. The van der Waals surface area contributed by atoms with Crippen molar-refractivity contribution in [2.24, 2.45) is 5.73 Å². The number of aliphatic hydroxyl groups is 1. The Labute approximate surface area is 108 Å². The fraction of sp³-hybridized carbons (Fsp3) is 0.571. The number of ether oxygens (including phenoxy) is 2. The zero-order valence-electron chi connectivity index (χ0n) is 11.1. The maximum atomic E-state index is 10.1. The first-order chi connectivity index (χ1) is 8.52. The van der Waals surface area contributed by atoms with Crippen LogP contribution in [0.4, 0.5) is 0 Å². The van der Waals surface area contributed by atoms with Gasteiger partial charge in [0.15, 0.2) is 0 Å². The van der Waals surface area contributed by atoms with E-state index in [0.29, 0.717) is 17.9 Å². The van der Waals surface area contributed by atoms with Crippen LogP contribution in [0, 0.1) is 0 Å². The molecule has 3 unspecified atom stereocenters. The van der Waals surface area contributed by atoms with Gasteiger partial charge in [-0.2, -0.15) is 0 Å². The third-order valence-corrected chi connectivity index (χ3v) is 3.14. The maximum absolute atomic E-state index is 10.1. The zero-order valence-corrected chi connectivity index (χ0v) is 11.1. The Morgan fingerprint density at radius 2 is 2.28 bits per heavy atom. The molecular weight excluding hydrogens is 230 g/mol. The van der Waals surface area contributed by atoms with Crippen molar-refractivity contribution in [3.05, 3.63) is 23.3 Å². The Balaban J connectivity index is 2.41. The minimum atomic E-state index is -0.739. The van der Waals surface area contributed by atoms with Crippen molar-refractivity contribution >= 4 is 0 Å². The first kappa shape index (κ1) is 13.2. The van der Waals surface area contributed by atoms with Crippen molar-refractivity contribution in [3.8, 4) is 11.5 Å². The monoisotopic (exact) mass is 251 g/mol. The van der Waals surface area contributed by atoms with E-state index >= 15 is 0 Å². The number of nitrogens with two attached hydrogens (primary N) is 1. The molecule has 1 aromatic carbocycles. The molecule has 0 saturated heterocycles. The molecule has 0 radical (unpaired) electrons. The van der Waals surface area contributed by atoms with Crippen molar-refractivity contribution in [1.82, 2.24) is 0 Å². The van der Waals surface area contributed by atoms with Crippen LogP contribution in [0.5, 0.6) is 11.5 Å². The van der Waals surface area contributed by atoms with E-state index in [9.17, 15) is 5.11 Å². The number of hydrogen-bond acceptors (Lipinski definition) is 4. The Morgan fingerprint density at radius 1 is 1.56 bits per heavy atom. The van der Waals surface area contributed by atoms with E-state index in [4.69, 9.17) is 15.2 Å². The molecule has 2 rings (SSSR count). The van der Waals surface area contributed by atoms with Crippen LogP contribution >= 0.6 is 0 Å². The first-order valence-corrected chi connectivity index (χ1v) is 6.42. The second-order valence-electron chi connectivity index (χ2n) is 4.87. The average molecular weight is 251 g/mol. The summed E-state index contributed by atoms with van der Waals surface area (Å²) in [7, 11) is 0. The van der Waals surface area contributed by atoms with Gasteiger partial charge in [0.25, 0.3) is 0 Å². The van der Waals surface area contributed by atoms with Gasteiger partial charge in [-0.1, -0.05) is 0 Å². The van der Waals surface area contributed by atoms with Gasteiger partial charge in [-0.05, 0) is 32.9 Å². The molecule has 3 N–H and O–H groups in total. The fourth-order valence-electron chi connectivity index (χ4n) is 2.25. The predicted molar refractivity (Wildman–Crippen MR) is 70.0 cm³/mol. The molecule has 0 aliphatic carbocycles. The standard InChI is InChI=1S/C14H21NO3/c1-4-17-13-6-10-5-8(2)18-12(10)7-11(13)14(16)9(3)15/h6-9,14,16H,4-5,15H2,1-3H3. The van der Waals surface area contributed by atoms with E-state index in [1.54, 1.807) is 6.92 Å².